The highest BCUT2D eigenvalue weighted by molar-refractivity contribution is 7.17. The Morgan fingerprint density at radius 3 is 2.43 bits per heavy atom. The summed E-state index contributed by atoms with van der Waals surface area (Å²) in [6.45, 7) is 5.26. The van der Waals surface area contributed by atoms with E-state index in [0.29, 0.717) is 27.0 Å². The van der Waals surface area contributed by atoms with Crippen LogP contribution < -0.4 is 10.1 Å². The number of aryl methyl sites for hydroxylation is 1. The second kappa shape index (κ2) is 7.23. The number of amides is 1. The molecule has 2 rings (SSSR count). The molecule has 0 saturated carbocycles. The maximum atomic E-state index is 12.2. The van der Waals surface area contributed by atoms with Gasteiger partial charge in [-0.25, -0.2) is 9.78 Å². The van der Waals surface area contributed by atoms with Crippen molar-refractivity contribution in [2.45, 2.75) is 26.9 Å². The van der Waals surface area contributed by atoms with Gasteiger partial charge in [-0.05, 0) is 45.0 Å². The molecule has 7 heteroatoms. The molecule has 0 aliphatic heterocycles. The van der Waals surface area contributed by atoms with Crippen molar-refractivity contribution in [1.29, 1.82) is 0 Å². The molecule has 0 aliphatic carbocycles. The Balaban J connectivity index is 2.10. The van der Waals surface area contributed by atoms with E-state index in [4.69, 9.17) is 9.47 Å². The standard InChI is InChI=1S/C16H18N2O4S/c1-9(2)22-15(20)13-10(3)17-16(23-13)18-14(19)11-5-7-12(21-4)8-6-11/h5-9H,1-4H3,(H,17,18,19). The molecule has 122 valence electrons. The lowest BCUT2D eigenvalue weighted by atomic mass is 10.2. The fourth-order valence-corrected chi connectivity index (χ4v) is 2.66. The number of hydrogen-bond acceptors (Lipinski definition) is 6. The van der Waals surface area contributed by atoms with Crippen molar-refractivity contribution in [3.63, 3.8) is 0 Å². The molecular weight excluding hydrogens is 316 g/mol. The summed E-state index contributed by atoms with van der Waals surface area (Å²) in [4.78, 5) is 28.7. The van der Waals surface area contributed by atoms with Gasteiger partial charge >= 0.3 is 5.97 Å². The molecule has 1 aromatic heterocycles. The van der Waals surface area contributed by atoms with Crippen molar-refractivity contribution in [2.24, 2.45) is 0 Å². The second-order valence-electron chi connectivity index (χ2n) is 5.07. The van der Waals surface area contributed by atoms with E-state index < -0.39 is 5.97 Å². The SMILES string of the molecule is COc1ccc(C(=O)Nc2nc(C)c(C(=O)OC(C)C)s2)cc1. The van der Waals surface area contributed by atoms with E-state index in [1.54, 1.807) is 52.1 Å². The van der Waals surface area contributed by atoms with Gasteiger partial charge in [-0.2, -0.15) is 0 Å². The number of hydrogen-bond donors (Lipinski definition) is 1. The lowest BCUT2D eigenvalue weighted by Crippen LogP contribution is -2.11. The molecule has 0 spiro atoms. The molecule has 1 heterocycles. The van der Waals surface area contributed by atoms with Gasteiger partial charge in [0.15, 0.2) is 5.13 Å². The minimum absolute atomic E-state index is 0.207. The van der Waals surface area contributed by atoms with Crippen LogP contribution in [0.15, 0.2) is 24.3 Å². The lowest BCUT2D eigenvalue weighted by molar-refractivity contribution is 0.0382. The molecule has 2 aromatic rings. The number of esters is 1. The van der Waals surface area contributed by atoms with Gasteiger partial charge in [-0.15, -0.1) is 0 Å². The number of ether oxygens (including phenoxy) is 2. The van der Waals surface area contributed by atoms with E-state index in [-0.39, 0.29) is 12.0 Å². The molecular formula is C16H18N2O4S. The molecule has 0 atom stereocenters. The number of carbonyl (C=O) groups excluding carboxylic acids is 2. The first-order valence-electron chi connectivity index (χ1n) is 7.04. The zero-order valence-electron chi connectivity index (χ0n) is 13.4. The molecule has 0 unspecified atom stereocenters. The topological polar surface area (TPSA) is 77.5 Å². The molecule has 6 nitrogen and oxygen atoms in total. The highest BCUT2D eigenvalue weighted by atomic mass is 32.1. The zero-order chi connectivity index (χ0) is 17.0. The first kappa shape index (κ1) is 17.0. The number of nitrogens with zero attached hydrogens (tertiary/aromatic N) is 1. The van der Waals surface area contributed by atoms with Gasteiger partial charge in [0.1, 0.15) is 10.6 Å². The Bertz CT molecular complexity index is 707. The van der Waals surface area contributed by atoms with Crippen LogP contribution in [0.4, 0.5) is 5.13 Å². The second-order valence-corrected chi connectivity index (χ2v) is 6.07. The predicted molar refractivity (Wildman–Crippen MR) is 88.3 cm³/mol. The largest absolute Gasteiger partial charge is 0.497 e. The third-order valence-corrected chi connectivity index (χ3v) is 3.95. The van der Waals surface area contributed by atoms with Crippen LogP contribution in [0.25, 0.3) is 0 Å². The number of benzene rings is 1. The average molecular weight is 334 g/mol. The average Bonchev–Trinajstić information content (AvgIpc) is 2.87. The third-order valence-electron chi connectivity index (χ3n) is 2.90. The number of aromatic nitrogens is 1. The molecule has 0 fully saturated rings. The summed E-state index contributed by atoms with van der Waals surface area (Å²) in [6.07, 6.45) is -0.207. The van der Waals surface area contributed by atoms with Crippen LogP contribution >= 0.6 is 11.3 Å². The van der Waals surface area contributed by atoms with E-state index in [2.05, 4.69) is 10.3 Å². The number of methoxy groups -OCH3 is 1. The highest BCUT2D eigenvalue weighted by Crippen LogP contribution is 2.24. The van der Waals surface area contributed by atoms with Crippen LogP contribution in [-0.2, 0) is 4.74 Å². The fourth-order valence-electron chi connectivity index (χ4n) is 1.82. The molecule has 1 N–H and O–H groups in total. The molecule has 0 radical (unpaired) electrons. The van der Waals surface area contributed by atoms with Crippen molar-refractivity contribution in [3.05, 3.63) is 40.4 Å². The van der Waals surface area contributed by atoms with Gasteiger partial charge < -0.3 is 9.47 Å². The van der Waals surface area contributed by atoms with Crippen molar-refractivity contribution < 1.29 is 19.1 Å². The van der Waals surface area contributed by atoms with Crippen LogP contribution in [0, 0.1) is 6.92 Å². The Morgan fingerprint density at radius 2 is 1.87 bits per heavy atom. The van der Waals surface area contributed by atoms with Crippen LogP contribution in [0.3, 0.4) is 0 Å². The molecule has 0 bridgehead atoms. The van der Waals surface area contributed by atoms with Crippen LogP contribution in [-0.4, -0.2) is 30.1 Å². The van der Waals surface area contributed by atoms with E-state index >= 15 is 0 Å². The Morgan fingerprint density at radius 1 is 1.22 bits per heavy atom. The van der Waals surface area contributed by atoms with Gasteiger partial charge in [0.2, 0.25) is 0 Å². The quantitative estimate of drug-likeness (QED) is 0.849. The number of thiazole rings is 1. The summed E-state index contributed by atoms with van der Waals surface area (Å²) in [5.41, 5.74) is 1.01. The van der Waals surface area contributed by atoms with Crippen molar-refractivity contribution in [2.75, 3.05) is 12.4 Å². The van der Waals surface area contributed by atoms with Gasteiger partial charge in [0.25, 0.3) is 5.91 Å². The molecule has 23 heavy (non-hydrogen) atoms. The minimum atomic E-state index is -0.431. The first-order valence-corrected chi connectivity index (χ1v) is 7.86. The predicted octanol–water partition coefficient (Wildman–Crippen LogP) is 3.28. The fraction of sp³-hybridized carbons (Fsp3) is 0.312. The van der Waals surface area contributed by atoms with Crippen LogP contribution in [0.2, 0.25) is 0 Å². The van der Waals surface area contributed by atoms with Gasteiger partial charge in [0.05, 0.1) is 18.9 Å². The number of carbonyl (C=O) groups is 2. The zero-order valence-corrected chi connectivity index (χ0v) is 14.2. The maximum Gasteiger partial charge on any atom is 0.350 e. The smallest absolute Gasteiger partial charge is 0.350 e. The van der Waals surface area contributed by atoms with Gasteiger partial charge in [0, 0.05) is 5.56 Å². The monoisotopic (exact) mass is 334 g/mol. The molecule has 1 aromatic carbocycles. The highest BCUT2D eigenvalue weighted by Gasteiger charge is 2.19. The van der Waals surface area contributed by atoms with E-state index in [1.807, 2.05) is 0 Å². The summed E-state index contributed by atoms with van der Waals surface area (Å²) in [5, 5.41) is 3.05. The Kier molecular flexibility index (Phi) is 5.33. The Labute approximate surface area is 138 Å². The normalized spacial score (nSPS) is 10.5. The van der Waals surface area contributed by atoms with Crippen LogP contribution in [0.1, 0.15) is 39.6 Å². The summed E-state index contributed by atoms with van der Waals surface area (Å²) in [7, 11) is 1.56. The van der Waals surface area contributed by atoms with Gasteiger partial charge in [-0.3, -0.25) is 10.1 Å². The van der Waals surface area contributed by atoms with Gasteiger partial charge in [-0.1, -0.05) is 11.3 Å². The minimum Gasteiger partial charge on any atom is -0.497 e. The summed E-state index contributed by atoms with van der Waals surface area (Å²) in [5.74, 6) is -0.0597. The summed E-state index contributed by atoms with van der Waals surface area (Å²) >= 11 is 1.10. The number of anilines is 1. The van der Waals surface area contributed by atoms with Crippen molar-refractivity contribution in [1.82, 2.24) is 4.98 Å². The Hall–Kier alpha value is -2.41. The summed E-state index contributed by atoms with van der Waals surface area (Å²) in [6, 6.07) is 6.71. The van der Waals surface area contributed by atoms with E-state index in [1.165, 1.54) is 0 Å². The number of nitrogens with one attached hydrogen (secondary N) is 1. The molecule has 1 amide bonds. The summed E-state index contributed by atoms with van der Waals surface area (Å²) < 4.78 is 10.2. The van der Waals surface area contributed by atoms with Crippen molar-refractivity contribution >= 4 is 28.3 Å². The van der Waals surface area contributed by atoms with Crippen molar-refractivity contribution in [3.8, 4) is 5.75 Å². The number of rotatable bonds is 5. The molecule has 0 aliphatic rings. The maximum absolute atomic E-state index is 12.2. The first-order chi connectivity index (χ1) is 10.9. The van der Waals surface area contributed by atoms with E-state index in [9.17, 15) is 9.59 Å². The third kappa shape index (κ3) is 4.29. The molecule has 0 saturated heterocycles. The van der Waals surface area contributed by atoms with Crippen LogP contribution in [0.5, 0.6) is 5.75 Å². The van der Waals surface area contributed by atoms with E-state index in [0.717, 1.165) is 11.3 Å². The lowest BCUT2D eigenvalue weighted by Gasteiger charge is -2.05.